The van der Waals surface area contributed by atoms with E-state index in [1.165, 1.54) is 25.7 Å². The number of ether oxygens (including phenoxy) is 1. The Morgan fingerprint density at radius 1 is 1.11 bits per heavy atom. The van der Waals surface area contributed by atoms with Crippen LogP contribution in [0.1, 0.15) is 85.5 Å². The second kappa shape index (κ2) is 8.79. The molecule has 0 saturated heterocycles. The maximum absolute atomic E-state index is 14.1. The summed E-state index contributed by atoms with van der Waals surface area (Å²) in [5.74, 6) is 4.34. The number of aliphatic hydroxyl groups is 1. The van der Waals surface area contributed by atoms with Gasteiger partial charge in [-0.15, -0.1) is 5.10 Å². The highest BCUT2D eigenvalue weighted by molar-refractivity contribution is 5.84. The zero-order valence-corrected chi connectivity index (χ0v) is 23.4. The molecule has 0 bridgehead atoms. The quantitative estimate of drug-likeness (QED) is 0.533. The molecule has 2 aromatic rings. The van der Waals surface area contributed by atoms with Gasteiger partial charge in [0.25, 0.3) is 0 Å². The highest BCUT2D eigenvalue weighted by Crippen LogP contribution is 2.69. The van der Waals surface area contributed by atoms with Crippen LogP contribution in [0.15, 0.2) is 18.2 Å². The summed E-state index contributed by atoms with van der Waals surface area (Å²) in [5.41, 5.74) is 1.58. The second-order valence-electron chi connectivity index (χ2n) is 13.9. The number of rotatable bonds is 5. The Morgan fingerprint density at radius 2 is 1.92 bits per heavy atom. The second-order valence-corrected chi connectivity index (χ2v) is 13.9. The lowest BCUT2D eigenvalue weighted by Gasteiger charge is -2.61. The van der Waals surface area contributed by atoms with E-state index in [9.17, 15) is 9.90 Å². The van der Waals surface area contributed by atoms with Crippen LogP contribution in [0.4, 0.5) is 0 Å². The molecule has 1 aromatic heterocycles. The van der Waals surface area contributed by atoms with E-state index < -0.39 is 5.60 Å². The summed E-state index contributed by atoms with van der Waals surface area (Å²) >= 11 is 0. The Hall–Kier alpha value is -1.95. The molecule has 6 nitrogen and oxygen atoms in total. The van der Waals surface area contributed by atoms with Crippen molar-refractivity contribution in [2.45, 2.75) is 97.6 Å². The summed E-state index contributed by atoms with van der Waals surface area (Å²) in [6, 6.07) is 5.73. The van der Waals surface area contributed by atoms with Crippen LogP contribution in [0.5, 0.6) is 5.75 Å². The first-order valence-corrected chi connectivity index (χ1v) is 14.7. The first kappa shape index (κ1) is 25.3. The van der Waals surface area contributed by atoms with Gasteiger partial charge >= 0.3 is 0 Å². The molecule has 4 fully saturated rings. The van der Waals surface area contributed by atoms with Gasteiger partial charge < -0.3 is 9.84 Å². The van der Waals surface area contributed by atoms with Crippen LogP contribution in [0.25, 0.3) is 11.0 Å². The molecule has 4 aliphatic rings. The average Bonchev–Trinajstić information content (AvgIpc) is 3.41. The van der Waals surface area contributed by atoms with E-state index in [1.54, 1.807) is 11.8 Å². The zero-order chi connectivity index (χ0) is 26.2. The number of hydrogen-bond acceptors (Lipinski definition) is 5. The van der Waals surface area contributed by atoms with Gasteiger partial charge in [0.2, 0.25) is 0 Å². The molecular weight excluding hydrogens is 462 g/mol. The molecule has 0 spiro atoms. The molecule has 9 atom stereocenters. The van der Waals surface area contributed by atoms with Gasteiger partial charge in [-0.05, 0) is 111 Å². The number of methoxy groups -OCH3 is 1. The molecule has 0 aliphatic heterocycles. The monoisotopic (exact) mass is 507 g/mol. The molecule has 202 valence electrons. The van der Waals surface area contributed by atoms with E-state index in [1.807, 2.05) is 25.1 Å². The summed E-state index contributed by atoms with van der Waals surface area (Å²) in [7, 11) is 1.66. The van der Waals surface area contributed by atoms with Crippen LogP contribution in [-0.4, -0.2) is 38.6 Å². The van der Waals surface area contributed by atoms with Crippen LogP contribution in [0.2, 0.25) is 0 Å². The molecule has 4 saturated carbocycles. The zero-order valence-electron chi connectivity index (χ0n) is 23.4. The number of fused-ring (bicyclic) bond motifs is 6. The van der Waals surface area contributed by atoms with E-state index in [2.05, 4.69) is 31.1 Å². The van der Waals surface area contributed by atoms with Crippen molar-refractivity contribution in [2.75, 3.05) is 7.11 Å². The molecule has 1 heterocycles. The lowest BCUT2D eigenvalue weighted by atomic mass is 9.44. The Kier molecular flexibility index (Phi) is 6.02. The number of nitrogens with zero attached hydrogens (tertiary/aromatic N) is 3. The van der Waals surface area contributed by atoms with Gasteiger partial charge in [-0.25, -0.2) is 4.68 Å². The number of Topliss-reactive ketones (excluding diaryl/α,β-unsaturated/α-hetero) is 1. The smallest absolute Gasteiger partial charge is 0.158 e. The predicted molar refractivity (Wildman–Crippen MR) is 144 cm³/mol. The van der Waals surface area contributed by atoms with Gasteiger partial charge in [-0.1, -0.05) is 32.4 Å². The van der Waals surface area contributed by atoms with Gasteiger partial charge in [-0.2, -0.15) is 0 Å². The lowest BCUT2D eigenvalue weighted by molar-refractivity contribution is -0.151. The minimum absolute atomic E-state index is 0.0658. The molecule has 37 heavy (non-hydrogen) atoms. The van der Waals surface area contributed by atoms with Crippen LogP contribution in [0, 0.1) is 46.3 Å². The predicted octanol–water partition coefficient (Wildman–Crippen LogP) is 6.06. The van der Waals surface area contributed by atoms with E-state index in [-0.39, 0.29) is 17.9 Å². The third-order valence-electron chi connectivity index (χ3n) is 12.0. The fraction of sp³-hybridized carbons (Fsp3) is 0.774. The molecule has 6 heteroatoms. The topological polar surface area (TPSA) is 77.2 Å². The molecule has 4 aliphatic carbocycles. The Morgan fingerprint density at radius 3 is 2.68 bits per heavy atom. The summed E-state index contributed by atoms with van der Waals surface area (Å²) in [5, 5.41) is 19.5. The summed E-state index contributed by atoms with van der Waals surface area (Å²) in [6.07, 6.45) is 10.2. The number of hydrogen-bond donors (Lipinski definition) is 1. The third kappa shape index (κ3) is 3.87. The molecule has 3 unspecified atom stereocenters. The number of benzene rings is 1. The Labute approximate surface area is 221 Å². The minimum Gasteiger partial charge on any atom is -0.497 e. The van der Waals surface area contributed by atoms with Gasteiger partial charge in [0.1, 0.15) is 17.8 Å². The normalized spacial score (nSPS) is 43.2. The van der Waals surface area contributed by atoms with E-state index in [0.717, 1.165) is 54.8 Å². The number of carbonyl (C=O) groups is 1. The van der Waals surface area contributed by atoms with Gasteiger partial charge in [0, 0.05) is 12.0 Å². The molecule has 1 aromatic carbocycles. The third-order valence-corrected chi connectivity index (χ3v) is 12.0. The molecule has 6 rings (SSSR count). The SMILES string of the molecule is CCC1CC2[C@@H]3CC[C@H]4C[C@](C)(O)CC[C@]4(C)[C@H]3CC[C@]2(C)C1C(=O)Cn1nnc2ccc(OC)cc21. The Balaban J connectivity index is 1.27. The van der Waals surface area contributed by atoms with Crippen LogP contribution >= 0.6 is 0 Å². The fourth-order valence-electron chi connectivity index (χ4n) is 10.1. The van der Waals surface area contributed by atoms with Crippen LogP contribution < -0.4 is 4.74 Å². The van der Waals surface area contributed by atoms with Crippen molar-refractivity contribution in [3.63, 3.8) is 0 Å². The van der Waals surface area contributed by atoms with Crippen LogP contribution in [-0.2, 0) is 11.3 Å². The Bertz CT molecular complexity index is 1190. The van der Waals surface area contributed by atoms with Crippen molar-refractivity contribution in [1.82, 2.24) is 15.0 Å². The molecule has 0 amide bonds. The van der Waals surface area contributed by atoms with Crippen molar-refractivity contribution in [1.29, 1.82) is 0 Å². The number of carbonyl (C=O) groups excluding carboxylic acids is 1. The van der Waals surface area contributed by atoms with Crippen molar-refractivity contribution < 1.29 is 14.6 Å². The van der Waals surface area contributed by atoms with Crippen LogP contribution in [0.3, 0.4) is 0 Å². The lowest BCUT2D eigenvalue weighted by Crippen LogP contribution is -2.55. The first-order chi connectivity index (χ1) is 17.6. The van der Waals surface area contributed by atoms with Gasteiger partial charge in [0.15, 0.2) is 5.78 Å². The average molecular weight is 508 g/mol. The summed E-state index contributed by atoms with van der Waals surface area (Å²) in [4.78, 5) is 14.1. The van der Waals surface area contributed by atoms with E-state index in [4.69, 9.17) is 4.74 Å². The van der Waals surface area contributed by atoms with E-state index in [0.29, 0.717) is 34.9 Å². The molecule has 0 radical (unpaired) electrons. The molecule has 1 N–H and O–H groups in total. The van der Waals surface area contributed by atoms with Crippen molar-refractivity contribution in [2.24, 2.45) is 46.3 Å². The summed E-state index contributed by atoms with van der Waals surface area (Å²) in [6.45, 7) is 9.61. The number of aromatic nitrogens is 3. The van der Waals surface area contributed by atoms with Crippen molar-refractivity contribution in [3.8, 4) is 5.75 Å². The van der Waals surface area contributed by atoms with Crippen molar-refractivity contribution >= 4 is 16.8 Å². The first-order valence-electron chi connectivity index (χ1n) is 14.7. The number of ketones is 1. The van der Waals surface area contributed by atoms with Crippen molar-refractivity contribution in [3.05, 3.63) is 18.2 Å². The van der Waals surface area contributed by atoms with Gasteiger partial charge in [0.05, 0.1) is 18.2 Å². The largest absolute Gasteiger partial charge is 0.497 e. The maximum atomic E-state index is 14.1. The minimum atomic E-state index is -0.492. The summed E-state index contributed by atoms with van der Waals surface area (Å²) < 4.78 is 7.20. The van der Waals surface area contributed by atoms with Gasteiger partial charge in [-0.3, -0.25) is 4.79 Å². The maximum Gasteiger partial charge on any atom is 0.158 e. The highest BCUT2D eigenvalue weighted by Gasteiger charge is 2.63. The highest BCUT2D eigenvalue weighted by atomic mass is 16.5. The standard InChI is InChI=1S/C31H45N3O3/c1-6-19-15-24-22-9-7-20-17-29(2,36)13-14-30(20,3)23(22)11-12-31(24,4)28(19)27(35)18-34-26-16-21(37-5)8-10-25(26)32-33-34/h8,10,16,19-20,22-24,28,36H,6-7,9,11-15,17-18H2,1-5H3/t19?,20-,22+,23-,24?,28?,29+,30-,31-/m0/s1. The van der Waals surface area contributed by atoms with E-state index >= 15 is 0 Å². The molecular formula is C31H45N3O3. The fourth-order valence-corrected chi connectivity index (χ4v) is 10.1.